The van der Waals surface area contributed by atoms with Crippen LogP contribution in [0.2, 0.25) is 5.04 Å². The summed E-state index contributed by atoms with van der Waals surface area (Å²) in [5.41, 5.74) is 1.01. The fourth-order valence-corrected chi connectivity index (χ4v) is 10.4. The Labute approximate surface area is 221 Å². The van der Waals surface area contributed by atoms with Gasteiger partial charge in [0.1, 0.15) is 5.88 Å². The predicted octanol–water partition coefficient (Wildman–Crippen LogP) is 4.72. The van der Waals surface area contributed by atoms with Gasteiger partial charge in [0.25, 0.3) is 8.32 Å². The molecule has 0 spiro atoms. The summed E-state index contributed by atoms with van der Waals surface area (Å²) >= 11 is 6.00. The normalized spacial score (nSPS) is 20.3. The molecule has 1 aliphatic carbocycles. The van der Waals surface area contributed by atoms with Crippen molar-refractivity contribution >= 4 is 36.2 Å². The van der Waals surface area contributed by atoms with Crippen LogP contribution in [0, 0.1) is 0 Å². The molecule has 190 valence electrons. The highest BCUT2D eigenvalue weighted by molar-refractivity contribution is 6.99. The zero-order chi connectivity index (χ0) is 25.8. The number of rotatable bonds is 8. The first-order chi connectivity index (χ1) is 17.3. The second-order valence-corrected chi connectivity index (χ2v) is 15.2. The molecule has 1 saturated carbocycles. The average molecular weight is 522 g/mol. The Hall–Kier alpha value is -2.44. The molecule has 36 heavy (non-hydrogen) atoms. The molecule has 4 nitrogen and oxygen atoms in total. The maximum Gasteiger partial charge on any atom is 0.261 e. The van der Waals surface area contributed by atoms with Gasteiger partial charge in [-0.05, 0) is 27.4 Å². The van der Waals surface area contributed by atoms with E-state index in [1.807, 2.05) is 42.5 Å². The largest absolute Gasteiger partial charge is 0.404 e. The molecule has 3 aromatic rings. The van der Waals surface area contributed by atoms with Crippen LogP contribution >= 0.6 is 11.6 Å². The zero-order valence-corrected chi connectivity index (χ0v) is 23.1. The molecule has 0 radical (unpaired) electrons. The summed E-state index contributed by atoms with van der Waals surface area (Å²) in [6.07, 6.45) is 0.193. The fraction of sp³-hybridized carbons (Fsp3) is 0.367. The van der Waals surface area contributed by atoms with Crippen LogP contribution in [0.1, 0.15) is 39.2 Å². The van der Waals surface area contributed by atoms with Crippen LogP contribution in [-0.2, 0) is 15.8 Å². The first kappa shape index (κ1) is 26.6. The molecule has 6 heteroatoms. The third kappa shape index (κ3) is 5.45. The Morgan fingerprint density at radius 2 is 1.42 bits per heavy atom. The molecular weight excluding hydrogens is 486 g/mol. The first-order valence-corrected chi connectivity index (χ1v) is 15.1. The van der Waals surface area contributed by atoms with Crippen molar-refractivity contribution in [1.82, 2.24) is 4.90 Å². The van der Waals surface area contributed by atoms with Crippen LogP contribution in [0.5, 0.6) is 0 Å². The quantitative estimate of drug-likeness (QED) is 0.344. The molecule has 0 aliphatic heterocycles. The van der Waals surface area contributed by atoms with E-state index in [1.165, 1.54) is 10.4 Å². The topological polar surface area (TPSA) is 49.8 Å². The molecule has 4 rings (SSSR count). The van der Waals surface area contributed by atoms with Crippen LogP contribution < -0.4 is 10.4 Å². The van der Waals surface area contributed by atoms with E-state index < -0.39 is 14.4 Å². The summed E-state index contributed by atoms with van der Waals surface area (Å²) in [7, 11) is -2.76. The third-order valence-electron chi connectivity index (χ3n) is 7.24. The smallest absolute Gasteiger partial charge is 0.261 e. The lowest BCUT2D eigenvalue weighted by atomic mass is 10.1. The second kappa shape index (κ2) is 11.3. The van der Waals surface area contributed by atoms with Gasteiger partial charge in [0, 0.05) is 13.0 Å². The van der Waals surface area contributed by atoms with Crippen molar-refractivity contribution in [3.8, 4) is 0 Å². The number of nitrogens with zero attached hydrogens (tertiary/aromatic N) is 1. The SMILES string of the molecule is CC(C)(C)[Si](OC1C[C@@H](O)[C@H](N(Cc2ccccc2)C(=O)CCl)C1)(c1ccccc1)c1ccccc1. The average Bonchev–Trinajstić information content (AvgIpc) is 3.25. The van der Waals surface area contributed by atoms with Crippen molar-refractivity contribution in [2.45, 2.75) is 63.4 Å². The van der Waals surface area contributed by atoms with E-state index in [0.29, 0.717) is 19.4 Å². The van der Waals surface area contributed by atoms with Crippen LogP contribution in [0.15, 0.2) is 91.0 Å². The highest BCUT2D eigenvalue weighted by Crippen LogP contribution is 2.40. The lowest BCUT2D eigenvalue weighted by Gasteiger charge is -2.44. The van der Waals surface area contributed by atoms with E-state index >= 15 is 0 Å². The van der Waals surface area contributed by atoms with Crippen molar-refractivity contribution in [2.75, 3.05) is 5.88 Å². The minimum atomic E-state index is -2.76. The Bertz CT molecular complexity index is 1080. The highest BCUT2D eigenvalue weighted by Gasteiger charge is 2.53. The van der Waals surface area contributed by atoms with Gasteiger partial charge in [-0.15, -0.1) is 11.6 Å². The van der Waals surface area contributed by atoms with E-state index in [9.17, 15) is 9.90 Å². The van der Waals surface area contributed by atoms with Gasteiger partial charge in [-0.1, -0.05) is 112 Å². The second-order valence-electron chi connectivity index (χ2n) is 10.7. The minimum Gasteiger partial charge on any atom is -0.404 e. The molecule has 1 N–H and O–H groups in total. The fourth-order valence-electron chi connectivity index (χ4n) is 5.57. The Kier molecular flexibility index (Phi) is 8.36. The van der Waals surface area contributed by atoms with E-state index in [1.54, 1.807) is 4.90 Å². The van der Waals surface area contributed by atoms with Gasteiger partial charge in [-0.25, -0.2) is 0 Å². The van der Waals surface area contributed by atoms with Crippen molar-refractivity contribution < 1.29 is 14.3 Å². The predicted molar refractivity (Wildman–Crippen MR) is 149 cm³/mol. The number of carbonyl (C=O) groups excluding carboxylic acids is 1. The van der Waals surface area contributed by atoms with Crippen molar-refractivity contribution in [3.05, 3.63) is 96.6 Å². The number of amides is 1. The number of halogens is 1. The van der Waals surface area contributed by atoms with Gasteiger partial charge >= 0.3 is 0 Å². The summed E-state index contributed by atoms with van der Waals surface area (Å²) < 4.78 is 7.26. The number of aliphatic hydroxyl groups is 1. The molecule has 0 aromatic heterocycles. The molecule has 0 bridgehead atoms. The Morgan fingerprint density at radius 3 is 1.89 bits per heavy atom. The molecule has 1 unspecified atom stereocenters. The van der Waals surface area contributed by atoms with Crippen LogP contribution in [0.25, 0.3) is 0 Å². The van der Waals surface area contributed by atoms with Crippen molar-refractivity contribution in [2.24, 2.45) is 0 Å². The van der Waals surface area contributed by atoms with Gasteiger partial charge in [0.05, 0.1) is 18.2 Å². The van der Waals surface area contributed by atoms with Gasteiger partial charge in [-0.2, -0.15) is 0 Å². The van der Waals surface area contributed by atoms with E-state index in [0.717, 1.165) is 5.56 Å². The summed E-state index contributed by atoms with van der Waals surface area (Å²) in [5, 5.41) is 13.4. The molecule has 0 heterocycles. The summed E-state index contributed by atoms with van der Waals surface area (Å²) in [6.45, 7) is 7.17. The number of hydrogen-bond acceptors (Lipinski definition) is 3. The number of benzene rings is 3. The van der Waals surface area contributed by atoms with Crippen molar-refractivity contribution in [1.29, 1.82) is 0 Å². The van der Waals surface area contributed by atoms with Gasteiger partial charge in [0.2, 0.25) is 5.91 Å². The van der Waals surface area contributed by atoms with E-state index in [4.69, 9.17) is 16.0 Å². The van der Waals surface area contributed by atoms with Crippen LogP contribution in [0.3, 0.4) is 0 Å². The molecule has 1 fully saturated rings. The minimum absolute atomic E-state index is 0.115. The molecular formula is C30H36ClNO3Si. The Balaban J connectivity index is 1.68. The van der Waals surface area contributed by atoms with Crippen molar-refractivity contribution in [3.63, 3.8) is 0 Å². The van der Waals surface area contributed by atoms with Gasteiger partial charge < -0.3 is 14.4 Å². The highest BCUT2D eigenvalue weighted by atomic mass is 35.5. The maximum absolute atomic E-state index is 12.9. The monoisotopic (exact) mass is 521 g/mol. The Morgan fingerprint density at radius 1 is 0.917 bits per heavy atom. The van der Waals surface area contributed by atoms with E-state index in [2.05, 4.69) is 69.3 Å². The summed E-state index contributed by atoms with van der Waals surface area (Å²) in [6, 6.07) is 30.5. The lowest BCUT2D eigenvalue weighted by molar-refractivity contribution is -0.133. The molecule has 3 aromatic carbocycles. The maximum atomic E-state index is 12.9. The standard InChI is InChI=1S/C30H36ClNO3Si/c1-30(2,3)36(25-15-9-5-10-16-25,26-17-11-6-12-18-26)35-24-19-27(28(33)20-24)32(29(34)21-31)22-23-13-7-4-8-14-23/h4-18,24,27-28,33H,19-22H2,1-3H3/t24?,27-,28-/m1/s1. The molecule has 1 amide bonds. The third-order valence-corrected chi connectivity index (χ3v) is 12.6. The zero-order valence-electron chi connectivity index (χ0n) is 21.3. The van der Waals surface area contributed by atoms with Crippen LogP contribution in [-0.4, -0.2) is 48.4 Å². The number of alkyl halides is 1. The number of hydrogen-bond donors (Lipinski definition) is 1. The van der Waals surface area contributed by atoms with Crippen LogP contribution in [0.4, 0.5) is 0 Å². The number of carbonyl (C=O) groups is 1. The lowest BCUT2D eigenvalue weighted by Crippen LogP contribution is -2.67. The molecule has 1 aliphatic rings. The molecule has 0 saturated heterocycles. The summed E-state index contributed by atoms with van der Waals surface area (Å²) in [5.74, 6) is -0.285. The number of aliphatic hydroxyl groups excluding tert-OH is 1. The van der Waals surface area contributed by atoms with Gasteiger partial charge in [0.15, 0.2) is 0 Å². The summed E-state index contributed by atoms with van der Waals surface area (Å²) in [4.78, 5) is 14.6. The first-order valence-electron chi connectivity index (χ1n) is 12.6. The van der Waals surface area contributed by atoms with Gasteiger partial charge in [-0.3, -0.25) is 4.79 Å². The van der Waals surface area contributed by atoms with E-state index in [-0.39, 0.29) is 29.0 Å². The molecule has 3 atom stereocenters.